The number of para-hydroxylation sites is 2. The first-order valence-electron chi connectivity index (χ1n) is 17.9. The summed E-state index contributed by atoms with van der Waals surface area (Å²) in [6.07, 6.45) is 0. The molecule has 0 N–H and O–H groups in total. The van der Waals surface area contributed by atoms with Crippen molar-refractivity contribution in [2.24, 2.45) is 0 Å². The highest BCUT2D eigenvalue weighted by molar-refractivity contribution is 6.17. The van der Waals surface area contributed by atoms with Crippen molar-refractivity contribution in [3.8, 4) is 39.9 Å². The van der Waals surface area contributed by atoms with Gasteiger partial charge in [-0.05, 0) is 68.0 Å². The van der Waals surface area contributed by atoms with Gasteiger partial charge in [0, 0.05) is 32.8 Å². The van der Waals surface area contributed by atoms with Crippen LogP contribution in [0.1, 0.15) is 0 Å². The summed E-state index contributed by atoms with van der Waals surface area (Å²) in [5, 5.41) is 12.1. The van der Waals surface area contributed by atoms with Crippen LogP contribution in [0.15, 0.2) is 182 Å². The first kappa shape index (κ1) is 29.5. The van der Waals surface area contributed by atoms with Crippen LogP contribution in [0, 0.1) is 0 Å². The predicted molar refractivity (Wildman–Crippen MR) is 220 cm³/mol. The Morgan fingerprint density at radius 1 is 0.283 bits per heavy atom. The van der Waals surface area contributed by atoms with Crippen LogP contribution in [0.4, 0.5) is 0 Å². The number of benzene rings is 9. The van der Waals surface area contributed by atoms with Gasteiger partial charge >= 0.3 is 0 Å². The van der Waals surface area contributed by atoms with Crippen molar-refractivity contribution in [1.82, 2.24) is 19.5 Å². The molecule has 0 radical (unpaired) electrons. The third-order valence-electron chi connectivity index (χ3n) is 10.6. The van der Waals surface area contributed by atoms with E-state index in [1.807, 2.05) is 18.2 Å². The molecule has 0 saturated carbocycles. The summed E-state index contributed by atoms with van der Waals surface area (Å²) in [5.41, 5.74) is 6.37. The highest BCUT2D eigenvalue weighted by Gasteiger charge is 2.17. The molecule has 11 aromatic rings. The minimum Gasteiger partial charge on any atom is -0.309 e. The zero-order valence-corrected chi connectivity index (χ0v) is 28.6. The maximum atomic E-state index is 5.17. The zero-order chi connectivity index (χ0) is 34.9. The molecule has 4 heteroatoms. The van der Waals surface area contributed by atoms with Gasteiger partial charge in [-0.15, -0.1) is 0 Å². The van der Waals surface area contributed by atoms with Gasteiger partial charge in [-0.2, -0.15) is 0 Å². The van der Waals surface area contributed by atoms with Gasteiger partial charge in [-0.25, -0.2) is 15.0 Å². The Labute approximate surface area is 305 Å². The van der Waals surface area contributed by atoms with Gasteiger partial charge < -0.3 is 4.57 Å². The van der Waals surface area contributed by atoms with Gasteiger partial charge in [-0.1, -0.05) is 152 Å². The van der Waals surface area contributed by atoms with Gasteiger partial charge in [0.1, 0.15) is 0 Å². The molecular formula is C49H30N4. The van der Waals surface area contributed by atoms with Crippen LogP contribution < -0.4 is 0 Å². The minimum atomic E-state index is 0.641. The number of hydrogen-bond donors (Lipinski definition) is 0. The smallest absolute Gasteiger partial charge is 0.164 e. The van der Waals surface area contributed by atoms with Crippen molar-refractivity contribution < 1.29 is 0 Å². The standard InChI is InChI=1S/C49H30N4/c1-2-12-33(13-3-1)47-50-48(52-49(51-47)36-22-21-32-24-27-39-37-15-5-4-11-31(37)23-28-40(39)43(32)30-36)35-25-26-38-34(29-35)14-10-20-44(38)53-45-18-8-6-16-41(45)42-17-7-9-19-46(42)53/h1-30H. The van der Waals surface area contributed by atoms with Crippen LogP contribution in [0.5, 0.6) is 0 Å². The fourth-order valence-corrected chi connectivity index (χ4v) is 8.09. The molecule has 9 aromatic carbocycles. The van der Waals surface area contributed by atoms with Gasteiger partial charge in [-0.3, -0.25) is 0 Å². The Kier molecular flexibility index (Phi) is 6.52. The molecule has 246 valence electrons. The van der Waals surface area contributed by atoms with Gasteiger partial charge in [0.25, 0.3) is 0 Å². The lowest BCUT2D eigenvalue weighted by molar-refractivity contribution is 1.07. The van der Waals surface area contributed by atoms with Crippen molar-refractivity contribution in [2.75, 3.05) is 0 Å². The maximum absolute atomic E-state index is 5.17. The van der Waals surface area contributed by atoms with Crippen molar-refractivity contribution in [1.29, 1.82) is 0 Å². The third kappa shape index (κ3) is 4.73. The molecule has 2 aromatic heterocycles. The van der Waals surface area contributed by atoms with E-state index in [9.17, 15) is 0 Å². The highest BCUT2D eigenvalue weighted by atomic mass is 15.0. The summed E-state index contributed by atoms with van der Waals surface area (Å²) in [5.74, 6) is 1.93. The van der Waals surface area contributed by atoms with E-state index < -0.39 is 0 Å². The molecule has 53 heavy (non-hydrogen) atoms. The Morgan fingerprint density at radius 2 is 0.792 bits per heavy atom. The van der Waals surface area contributed by atoms with Crippen LogP contribution in [0.25, 0.3) is 105 Å². The van der Waals surface area contributed by atoms with Crippen molar-refractivity contribution in [3.05, 3.63) is 182 Å². The summed E-state index contributed by atoms with van der Waals surface area (Å²) in [4.78, 5) is 15.3. The van der Waals surface area contributed by atoms with Crippen LogP contribution in [0.2, 0.25) is 0 Å². The number of fused-ring (bicyclic) bond motifs is 9. The minimum absolute atomic E-state index is 0.641. The molecule has 0 aliphatic rings. The van der Waals surface area contributed by atoms with E-state index in [1.54, 1.807) is 0 Å². The average Bonchev–Trinajstić information content (AvgIpc) is 3.57. The Morgan fingerprint density at radius 3 is 1.53 bits per heavy atom. The monoisotopic (exact) mass is 674 g/mol. The van der Waals surface area contributed by atoms with E-state index in [-0.39, 0.29) is 0 Å². The topological polar surface area (TPSA) is 43.6 Å². The van der Waals surface area contributed by atoms with Gasteiger partial charge in [0.15, 0.2) is 17.5 Å². The molecule has 2 heterocycles. The normalized spacial score (nSPS) is 11.8. The van der Waals surface area contributed by atoms with E-state index in [2.05, 4.69) is 168 Å². The molecular weight excluding hydrogens is 645 g/mol. The van der Waals surface area contributed by atoms with E-state index in [0.717, 1.165) is 33.2 Å². The fraction of sp³-hybridized carbons (Fsp3) is 0. The zero-order valence-electron chi connectivity index (χ0n) is 28.6. The first-order valence-corrected chi connectivity index (χ1v) is 17.9. The molecule has 0 spiro atoms. The number of nitrogens with zero attached hydrogens (tertiary/aromatic N) is 4. The van der Waals surface area contributed by atoms with Crippen LogP contribution in [-0.4, -0.2) is 19.5 Å². The highest BCUT2D eigenvalue weighted by Crippen LogP contribution is 2.37. The van der Waals surface area contributed by atoms with E-state index >= 15 is 0 Å². The lowest BCUT2D eigenvalue weighted by atomic mass is 9.96. The summed E-state index contributed by atoms with van der Waals surface area (Å²) in [7, 11) is 0. The summed E-state index contributed by atoms with van der Waals surface area (Å²) in [6.45, 7) is 0. The fourth-order valence-electron chi connectivity index (χ4n) is 8.09. The predicted octanol–water partition coefficient (Wildman–Crippen LogP) is 12.6. The van der Waals surface area contributed by atoms with Gasteiger partial charge in [0.05, 0.1) is 16.7 Å². The largest absolute Gasteiger partial charge is 0.309 e. The summed E-state index contributed by atoms with van der Waals surface area (Å²) in [6, 6.07) is 64.6. The number of hydrogen-bond acceptors (Lipinski definition) is 3. The maximum Gasteiger partial charge on any atom is 0.164 e. The average molecular weight is 675 g/mol. The molecule has 11 rings (SSSR count). The second-order valence-electron chi connectivity index (χ2n) is 13.6. The molecule has 0 unspecified atom stereocenters. The van der Waals surface area contributed by atoms with E-state index in [4.69, 9.17) is 15.0 Å². The molecule has 0 aliphatic carbocycles. The molecule has 0 amide bonds. The number of aromatic nitrogens is 4. The Bertz CT molecular complexity index is 3180. The third-order valence-corrected chi connectivity index (χ3v) is 10.6. The van der Waals surface area contributed by atoms with E-state index in [0.29, 0.717) is 17.5 Å². The second kappa shape index (κ2) is 11.7. The first-order chi connectivity index (χ1) is 26.3. The van der Waals surface area contributed by atoms with Crippen molar-refractivity contribution in [2.45, 2.75) is 0 Å². The summed E-state index contributed by atoms with van der Waals surface area (Å²) >= 11 is 0. The Balaban J connectivity index is 1.09. The van der Waals surface area contributed by atoms with Crippen LogP contribution >= 0.6 is 0 Å². The second-order valence-corrected chi connectivity index (χ2v) is 13.6. The molecule has 0 aliphatic heterocycles. The molecule has 4 nitrogen and oxygen atoms in total. The summed E-state index contributed by atoms with van der Waals surface area (Å²) < 4.78 is 2.38. The van der Waals surface area contributed by atoms with Crippen LogP contribution in [-0.2, 0) is 0 Å². The van der Waals surface area contributed by atoms with Crippen molar-refractivity contribution in [3.63, 3.8) is 0 Å². The van der Waals surface area contributed by atoms with Crippen LogP contribution in [0.3, 0.4) is 0 Å². The SMILES string of the molecule is c1ccc(-c2nc(-c3ccc4c(-n5c6ccccc6c6ccccc65)cccc4c3)nc(-c3ccc4ccc5c6ccccc6ccc5c4c3)n2)cc1. The Hall–Kier alpha value is -7.17. The number of rotatable bonds is 4. The lowest BCUT2D eigenvalue weighted by Gasteiger charge is -2.13. The van der Waals surface area contributed by atoms with Crippen molar-refractivity contribution >= 4 is 64.9 Å². The molecule has 0 saturated heterocycles. The quantitative estimate of drug-likeness (QED) is 0.175. The molecule has 0 atom stereocenters. The lowest BCUT2D eigenvalue weighted by Crippen LogP contribution is -2.00. The molecule has 0 fully saturated rings. The molecule has 0 bridgehead atoms. The van der Waals surface area contributed by atoms with E-state index in [1.165, 1.54) is 54.1 Å². The van der Waals surface area contributed by atoms with Gasteiger partial charge in [0.2, 0.25) is 0 Å².